The van der Waals surface area contributed by atoms with Gasteiger partial charge < -0.3 is 19.4 Å². The van der Waals surface area contributed by atoms with Gasteiger partial charge in [-0.3, -0.25) is 14.4 Å². The van der Waals surface area contributed by atoms with Crippen LogP contribution < -0.4 is 0 Å². The van der Waals surface area contributed by atoms with E-state index in [0.29, 0.717) is 44.3 Å². The Kier molecular flexibility index (Phi) is 9.36. The monoisotopic (exact) mass is 354 g/mol. The van der Waals surface area contributed by atoms with E-state index in [1.165, 1.54) is 0 Å². The van der Waals surface area contributed by atoms with Crippen molar-refractivity contribution in [1.29, 1.82) is 0 Å². The summed E-state index contributed by atoms with van der Waals surface area (Å²) in [4.78, 5) is 32.2. The van der Waals surface area contributed by atoms with E-state index in [2.05, 4.69) is 0 Å². The average molecular weight is 354 g/mol. The maximum Gasteiger partial charge on any atom is 0.306 e. The smallest absolute Gasteiger partial charge is 0.306 e. The molecule has 140 valence electrons. The highest BCUT2D eigenvalue weighted by molar-refractivity contribution is 5.69. The molecule has 0 fully saturated rings. The number of carbonyl (C=O) groups excluding carboxylic acids is 1. The van der Waals surface area contributed by atoms with Crippen molar-refractivity contribution in [1.82, 2.24) is 0 Å². The summed E-state index contributed by atoms with van der Waals surface area (Å²) in [7, 11) is 0. The third-order valence-electron chi connectivity index (χ3n) is 4.08. The Bertz CT molecular complexity index is 549. The molecule has 1 rings (SSSR count). The number of carbonyl (C=O) groups is 3. The van der Waals surface area contributed by atoms with Crippen LogP contribution in [0.2, 0.25) is 0 Å². The molecule has 25 heavy (non-hydrogen) atoms. The lowest BCUT2D eigenvalue weighted by Gasteiger charge is -2.13. The fraction of sp³-hybridized carbons (Fsp3) is 0.611. The molecule has 0 saturated carbocycles. The lowest BCUT2D eigenvalue weighted by Crippen LogP contribution is -2.15. The highest BCUT2D eigenvalue weighted by Crippen LogP contribution is 2.19. The minimum atomic E-state index is -0.931. The molecule has 7 heteroatoms. The van der Waals surface area contributed by atoms with Gasteiger partial charge in [0.25, 0.3) is 6.47 Å². The fourth-order valence-electron chi connectivity index (χ4n) is 2.69. The van der Waals surface area contributed by atoms with Gasteiger partial charge in [-0.2, -0.15) is 0 Å². The molecule has 0 radical (unpaired) electrons. The molecule has 0 aliphatic carbocycles. The van der Waals surface area contributed by atoms with Gasteiger partial charge in [-0.05, 0) is 37.8 Å². The predicted octanol–water partition coefficient (Wildman–Crippen LogP) is 3.05. The second-order valence-electron chi connectivity index (χ2n) is 6.06. The Morgan fingerprint density at radius 3 is 2.28 bits per heavy atom. The number of furan rings is 1. The minimum Gasteiger partial charge on any atom is -0.481 e. The highest BCUT2D eigenvalue weighted by Gasteiger charge is 2.17. The average Bonchev–Trinajstić information content (AvgIpc) is 3.01. The van der Waals surface area contributed by atoms with Crippen LogP contribution in [-0.4, -0.2) is 34.7 Å². The third-order valence-corrected chi connectivity index (χ3v) is 4.08. The number of ether oxygens (including phenoxy) is 1. The van der Waals surface area contributed by atoms with Gasteiger partial charge in [0.1, 0.15) is 17.6 Å². The number of hydrogen-bond donors (Lipinski definition) is 2. The van der Waals surface area contributed by atoms with Gasteiger partial charge in [0, 0.05) is 19.3 Å². The summed E-state index contributed by atoms with van der Waals surface area (Å²) in [5.74, 6) is -0.622. The molecular weight excluding hydrogens is 328 g/mol. The van der Waals surface area contributed by atoms with E-state index < -0.39 is 18.0 Å². The Hall–Kier alpha value is -2.31. The first-order valence-electron chi connectivity index (χ1n) is 8.57. The van der Waals surface area contributed by atoms with E-state index in [-0.39, 0.29) is 18.8 Å². The summed E-state index contributed by atoms with van der Waals surface area (Å²) < 4.78 is 10.6. The fourth-order valence-corrected chi connectivity index (χ4v) is 2.69. The van der Waals surface area contributed by atoms with Crippen molar-refractivity contribution < 1.29 is 33.8 Å². The zero-order valence-corrected chi connectivity index (χ0v) is 14.5. The van der Waals surface area contributed by atoms with E-state index in [9.17, 15) is 14.4 Å². The second-order valence-corrected chi connectivity index (χ2v) is 6.06. The van der Waals surface area contributed by atoms with Crippen LogP contribution in [0.3, 0.4) is 0 Å². The van der Waals surface area contributed by atoms with Gasteiger partial charge in [0.15, 0.2) is 0 Å². The van der Waals surface area contributed by atoms with Crippen LogP contribution in [-0.2, 0) is 32.0 Å². The molecule has 7 nitrogen and oxygen atoms in total. The van der Waals surface area contributed by atoms with E-state index >= 15 is 0 Å². The van der Waals surface area contributed by atoms with Crippen LogP contribution in [0.5, 0.6) is 0 Å². The van der Waals surface area contributed by atoms with Crippen molar-refractivity contribution in [2.24, 2.45) is 5.92 Å². The Labute approximate surface area is 147 Å². The van der Waals surface area contributed by atoms with Crippen molar-refractivity contribution in [2.45, 2.75) is 64.4 Å². The normalized spacial score (nSPS) is 13.2. The van der Waals surface area contributed by atoms with Crippen molar-refractivity contribution >= 4 is 18.4 Å². The molecule has 0 spiro atoms. The third kappa shape index (κ3) is 8.37. The lowest BCUT2D eigenvalue weighted by molar-refractivity contribution is -0.142. The van der Waals surface area contributed by atoms with E-state index in [4.69, 9.17) is 19.4 Å². The first kappa shape index (κ1) is 20.7. The second kappa shape index (κ2) is 11.3. The van der Waals surface area contributed by atoms with Crippen LogP contribution in [0.1, 0.15) is 57.0 Å². The molecule has 0 saturated heterocycles. The summed E-state index contributed by atoms with van der Waals surface area (Å²) in [5, 5.41) is 17.9. The molecule has 0 bridgehead atoms. The molecule has 2 atom stereocenters. The first-order chi connectivity index (χ1) is 12.0. The SMILES string of the molecule is CCCC(CCc1ccc(CCC(CCC(=O)O)OC=O)o1)C(=O)O. The summed E-state index contributed by atoms with van der Waals surface area (Å²) in [6, 6.07) is 3.65. The Morgan fingerprint density at radius 2 is 1.76 bits per heavy atom. The summed E-state index contributed by atoms with van der Waals surface area (Å²) in [6.07, 6.45) is 3.32. The summed E-state index contributed by atoms with van der Waals surface area (Å²) >= 11 is 0. The quantitative estimate of drug-likeness (QED) is 0.493. The predicted molar refractivity (Wildman–Crippen MR) is 89.2 cm³/mol. The molecule has 0 aliphatic rings. The Balaban J connectivity index is 2.46. The number of rotatable bonds is 14. The molecule has 0 aromatic carbocycles. The van der Waals surface area contributed by atoms with Crippen LogP contribution in [0, 0.1) is 5.92 Å². The summed E-state index contributed by atoms with van der Waals surface area (Å²) in [6.45, 7) is 2.29. The topological polar surface area (TPSA) is 114 Å². The standard InChI is InChI=1S/C18H26O7/c1-2-3-13(18(22)23)4-5-15-8-9-16(25-15)7-6-14(24-12-19)10-11-17(20)21/h8-9,12-14H,2-7,10-11H2,1H3,(H,20,21)(H,22,23). The molecule has 1 aromatic rings. The van der Waals surface area contributed by atoms with Gasteiger partial charge in [-0.25, -0.2) is 0 Å². The Morgan fingerprint density at radius 1 is 1.12 bits per heavy atom. The largest absolute Gasteiger partial charge is 0.481 e. The van der Waals surface area contributed by atoms with Crippen LogP contribution in [0.25, 0.3) is 0 Å². The lowest BCUT2D eigenvalue weighted by atomic mass is 9.97. The van der Waals surface area contributed by atoms with E-state index in [1.807, 2.05) is 19.1 Å². The van der Waals surface area contributed by atoms with Gasteiger partial charge >= 0.3 is 11.9 Å². The minimum absolute atomic E-state index is 0.0596. The van der Waals surface area contributed by atoms with E-state index in [1.54, 1.807) is 0 Å². The maximum absolute atomic E-state index is 11.1. The van der Waals surface area contributed by atoms with Crippen molar-refractivity contribution in [3.8, 4) is 0 Å². The first-order valence-corrected chi connectivity index (χ1v) is 8.57. The zero-order chi connectivity index (χ0) is 18.7. The van der Waals surface area contributed by atoms with Crippen molar-refractivity contribution in [2.75, 3.05) is 0 Å². The molecule has 0 aliphatic heterocycles. The van der Waals surface area contributed by atoms with Crippen molar-refractivity contribution in [3.05, 3.63) is 23.7 Å². The van der Waals surface area contributed by atoms with Gasteiger partial charge in [0.05, 0.1) is 5.92 Å². The molecule has 0 amide bonds. The number of aliphatic carboxylic acids is 2. The number of hydrogen-bond acceptors (Lipinski definition) is 5. The number of carboxylic acid groups (broad SMARTS) is 2. The molecule has 2 N–H and O–H groups in total. The van der Waals surface area contributed by atoms with Crippen molar-refractivity contribution in [3.63, 3.8) is 0 Å². The van der Waals surface area contributed by atoms with E-state index in [0.717, 1.165) is 12.2 Å². The zero-order valence-electron chi connectivity index (χ0n) is 14.5. The number of carboxylic acids is 2. The van der Waals surface area contributed by atoms with Gasteiger partial charge in [-0.15, -0.1) is 0 Å². The van der Waals surface area contributed by atoms with Crippen LogP contribution in [0.4, 0.5) is 0 Å². The van der Waals surface area contributed by atoms with Crippen LogP contribution in [0.15, 0.2) is 16.5 Å². The number of aryl methyl sites for hydroxylation is 2. The maximum atomic E-state index is 11.1. The van der Waals surface area contributed by atoms with Gasteiger partial charge in [-0.1, -0.05) is 13.3 Å². The summed E-state index contributed by atoms with van der Waals surface area (Å²) in [5.41, 5.74) is 0. The van der Waals surface area contributed by atoms with Crippen LogP contribution >= 0.6 is 0 Å². The van der Waals surface area contributed by atoms with Gasteiger partial charge in [0.2, 0.25) is 0 Å². The molecule has 2 unspecified atom stereocenters. The molecule has 1 heterocycles. The molecule has 1 aromatic heterocycles. The highest BCUT2D eigenvalue weighted by atomic mass is 16.5. The molecular formula is C18H26O7.